The molecule has 0 bridgehead atoms. The minimum absolute atomic E-state index is 0. The van der Waals surface area contributed by atoms with Gasteiger partial charge in [-0.15, -0.1) is 12.4 Å². The maximum atomic E-state index is 6.35. The fourth-order valence-electron chi connectivity index (χ4n) is 3.26. The lowest BCUT2D eigenvalue weighted by Gasteiger charge is -2.37. The molecule has 4 heteroatoms. The summed E-state index contributed by atoms with van der Waals surface area (Å²) in [5, 5.41) is 0. The van der Waals surface area contributed by atoms with E-state index in [0.717, 1.165) is 12.2 Å². The van der Waals surface area contributed by atoms with Crippen LogP contribution in [-0.2, 0) is 6.54 Å². The van der Waals surface area contributed by atoms with Crippen molar-refractivity contribution in [3.8, 4) is 0 Å². The van der Waals surface area contributed by atoms with Gasteiger partial charge in [0.25, 0.3) is 0 Å². The normalized spacial score (nSPS) is 15.8. The van der Waals surface area contributed by atoms with Crippen LogP contribution in [-0.4, -0.2) is 10.9 Å². The Morgan fingerprint density at radius 2 is 1.40 bits per heavy atom. The average Bonchev–Trinajstić information content (AvgIpc) is 2.64. The summed E-state index contributed by atoms with van der Waals surface area (Å²) in [5.41, 5.74) is 10.9. The highest BCUT2D eigenvalue weighted by molar-refractivity contribution is 5.85. The number of rotatable bonds is 3. The van der Waals surface area contributed by atoms with Gasteiger partial charge >= 0.3 is 0 Å². The molecular formula is C21H20ClN3. The first-order valence-corrected chi connectivity index (χ1v) is 8.11. The molecule has 0 aromatic heterocycles. The van der Waals surface area contributed by atoms with Gasteiger partial charge in [-0.3, -0.25) is 0 Å². The van der Waals surface area contributed by atoms with E-state index < -0.39 is 0 Å². The number of aliphatic imine (C=N–C) groups is 1. The topological polar surface area (TPSA) is 41.6 Å². The van der Waals surface area contributed by atoms with Gasteiger partial charge in [0.15, 0.2) is 5.96 Å². The van der Waals surface area contributed by atoms with Crippen molar-refractivity contribution in [1.29, 1.82) is 0 Å². The Balaban J connectivity index is 0.00000182. The summed E-state index contributed by atoms with van der Waals surface area (Å²) in [6.07, 6.45) is 0. The first-order valence-electron chi connectivity index (χ1n) is 8.11. The number of fused-ring (bicyclic) bond motifs is 1. The number of nitrogens with two attached hydrogens (primary N) is 1. The highest BCUT2D eigenvalue weighted by atomic mass is 35.5. The van der Waals surface area contributed by atoms with E-state index in [1.54, 1.807) is 0 Å². The van der Waals surface area contributed by atoms with Gasteiger partial charge < -0.3 is 10.6 Å². The van der Waals surface area contributed by atoms with E-state index in [2.05, 4.69) is 70.6 Å². The lowest BCUT2D eigenvalue weighted by Crippen LogP contribution is -2.42. The number of nitrogens with zero attached hydrogens (tertiary/aromatic N) is 2. The molecule has 4 rings (SSSR count). The number of halogens is 1. The van der Waals surface area contributed by atoms with Crippen molar-refractivity contribution in [2.45, 2.75) is 12.6 Å². The zero-order valence-corrected chi connectivity index (χ0v) is 14.6. The Bertz CT molecular complexity index is 863. The smallest absolute Gasteiger partial charge is 0.197 e. The van der Waals surface area contributed by atoms with Gasteiger partial charge in [-0.25, -0.2) is 4.99 Å². The summed E-state index contributed by atoms with van der Waals surface area (Å²) >= 11 is 0. The quantitative estimate of drug-likeness (QED) is 0.747. The fourth-order valence-corrected chi connectivity index (χ4v) is 3.26. The first-order chi connectivity index (χ1) is 11.8. The van der Waals surface area contributed by atoms with Crippen LogP contribution in [0.3, 0.4) is 0 Å². The van der Waals surface area contributed by atoms with Crippen molar-refractivity contribution in [2.75, 3.05) is 0 Å². The second-order valence-corrected chi connectivity index (χ2v) is 5.96. The summed E-state index contributed by atoms with van der Waals surface area (Å²) in [4.78, 5) is 6.79. The van der Waals surface area contributed by atoms with Crippen molar-refractivity contribution < 1.29 is 0 Å². The van der Waals surface area contributed by atoms with Crippen LogP contribution < -0.4 is 5.73 Å². The van der Waals surface area contributed by atoms with Crippen LogP contribution in [0.25, 0.3) is 0 Å². The van der Waals surface area contributed by atoms with E-state index >= 15 is 0 Å². The number of guanidine groups is 1. The molecule has 2 N–H and O–H groups in total. The molecule has 1 heterocycles. The summed E-state index contributed by atoms with van der Waals surface area (Å²) in [7, 11) is 0. The largest absolute Gasteiger partial charge is 0.369 e. The van der Waals surface area contributed by atoms with Crippen molar-refractivity contribution in [2.24, 2.45) is 10.7 Å². The summed E-state index contributed by atoms with van der Waals surface area (Å²) in [6.45, 7) is 0.726. The molecule has 0 spiro atoms. The SMILES string of the molecule is Cl.NC1=Nc2ccccc2C(c2ccccc2)N1Cc1ccccc1. The molecule has 3 aromatic carbocycles. The number of para-hydroxylation sites is 1. The Morgan fingerprint density at radius 3 is 2.12 bits per heavy atom. The van der Waals surface area contributed by atoms with Crippen LogP contribution in [0, 0.1) is 0 Å². The van der Waals surface area contributed by atoms with Gasteiger partial charge in [-0.05, 0) is 17.2 Å². The van der Waals surface area contributed by atoms with Gasteiger partial charge in [0.05, 0.1) is 11.7 Å². The molecule has 0 saturated heterocycles. The first kappa shape index (κ1) is 17.1. The molecular weight excluding hydrogens is 330 g/mol. The molecule has 25 heavy (non-hydrogen) atoms. The van der Waals surface area contributed by atoms with Crippen molar-refractivity contribution >= 4 is 24.1 Å². The van der Waals surface area contributed by atoms with Crippen molar-refractivity contribution in [1.82, 2.24) is 4.90 Å². The van der Waals surface area contributed by atoms with Crippen molar-refractivity contribution in [3.05, 3.63) is 102 Å². The maximum absolute atomic E-state index is 6.35. The molecule has 1 aliphatic rings. The third-order valence-corrected chi connectivity index (χ3v) is 4.38. The third kappa shape index (κ3) is 3.37. The fraction of sp³-hybridized carbons (Fsp3) is 0.0952. The molecule has 0 radical (unpaired) electrons. The van der Waals surface area contributed by atoms with Crippen LogP contribution in [0.15, 0.2) is 89.9 Å². The maximum Gasteiger partial charge on any atom is 0.197 e. The van der Waals surface area contributed by atoms with E-state index in [0.29, 0.717) is 5.96 Å². The van der Waals surface area contributed by atoms with E-state index in [9.17, 15) is 0 Å². The van der Waals surface area contributed by atoms with Gasteiger partial charge in [-0.1, -0.05) is 78.9 Å². The predicted molar refractivity (Wildman–Crippen MR) is 105 cm³/mol. The molecule has 3 aromatic rings. The number of hydrogen-bond donors (Lipinski definition) is 1. The Morgan fingerprint density at radius 1 is 0.800 bits per heavy atom. The van der Waals surface area contributed by atoms with Crippen LogP contribution in [0.5, 0.6) is 0 Å². The lowest BCUT2D eigenvalue weighted by molar-refractivity contribution is 0.340. The Labute approximate surface area is 154 Å². The van der Waals surface area contributed by atoms with Gasteiger partial charge in [-0.2, -0.15) is 0 Å². The molecule has 0 aliphatic carbocycles. The van der Waals surface area contributed by atoms with E-state index in [-0.39, 0.29) is 18.4 Å². The summed E-state index contributed by atoms with van der Waals surface area (Å²) in [5.74, 6) is 0.561. The lowest BCUT2D eigenvalue weighted by atomic mass is 9.94. The molecule has 0 fully saturated rings. The second-order valence-electron chi connectivity index (χ2n) is 5.96. The Hall–Kier alpha value is -2.78. The van der Waals surface area contributed by atoms with Gasteiger partial charge in [0.1, 0.15) is 0 Å². The summed E-state index contributed by atoms with van der Waals surface area (Å²) < 4.78 is 0. The Kier molecular flexibility index (Phi) is 5.05. The van der Waals surface area contributed by atoms with Crippen molar-refractivity contribution in [3.63, 3.8) is 0 Å². The predicted octanol–water partition coefficient (Wildman–Crippen LogP) is 4.66. The van der Waals surface area contributed by atoms with Crippen LogP contribution in [0.4, 0.5) is 5.69 Å². The third-order valence-electron chi connectivity index (χ3n) is 4.38. The summed E-state index contributed by atoms with van der Waals surface area (Å²) in [6, 6.07) is 29.2. The molecule has 0 amide bonds. The molecule has 1 unspecified atom stereocenters. The highest BCUT2D eigenvalue weighted by Gasteiger charge is 2.29. The monoisotopic (exact) mass is 349 g/mol. The molecule has 3 nitrogen and oxygen atoms in total. The van der Waals surface area contributed by atoms with Crippen LogP contribution in [0.2, 0.25) is 0 Å². The van der Waals surface area contributed by atoms with Gasteiger partial charge in [0.2, 0.25) is 0 Å². The molecule has 0 saturated carbocycles. The number of benzene rings is 3. The zero-order valence-electron chi connectivity index (χ0n) is 13.7. The number of hydrogen-bond acceptors (Lipinski definition) is 3. The van der Waals surface area contributed by atoms with E-state index in [1.165, 1.54) is 16.7 Å². The standard InChI is InChI=1S/C21H19N3.ClH/c22-21-23-19-14-8-7-13-18(19)20(17-11-5-2-6-12-17)24(21)15-16-9-3-1-4-10-16;/h1-14,20H,15H2,(H2,22,23);1H. The zero-order chi connectivity index (χ0) is 16.4. The highest BCUT2D eigenvalue weighted by Crippen LogP contribution is 2.38. The van der Waals surface area contributed by atoms with Gasteiger partial charge in [0, 0.05) is 12.1 Å². The molecule has 1 atom stereocenters. The minimum atomic E-state index is 0. The van der Waals surface area contributed by atoms with Crippen LogP contribution >= 0.6 is 12.4 Å². The average molecular weight is 350 g/mol. The van der Waals surface area contributed by atoms with E-state index in [4.69, 9.17) is 5.73 Å². The minimum Gasteiger partial charge on any atom is -0.369 e. The van der Waals surface area contributed by atoms with E-state index in [1.807, 2.05) is 24.3 Å². The second kappa shape index (κ2) is 7.41. The molecule has 126 valence electrons. The molecule has 1 aliphatic heterocycles. The van der Waals surface area contributed by atoms with Crippen LogP contribution in [0.1, 0.15) is 22.7 Å².